The van der Waals surface area contributed by atoms with Gasteiger partial charge in [0.25, 0.3) is 11.8 Å². The van der Waals surface area contributed by atoms with Crippen LogP contribution in [0.1, 0.15) is 37.7 Å². The topological polar surface area (TPSA) is 113 Å². The van der Waals surface area contributed by atoms with Crippen LogP contribution in [0.25, 0.3) is 0 Å². The van der Waals surface area contributed by atoms with Crippen LogP contribution in [0.5, 0.6) is 17.2 Å². The molecule has 6 rings (SSSR count). The third-order valence-electron chi connectivity index (χ3n) is 9.27. The van der Waals surface area contributed by atoms with Crippen molar-refractivity contribution < 1.29 is 38.1 Å². The van der Waals surface area contributed by atoms with E-state index in [4.69, 9.17) is 32.7 Å². The number of halogens is 3. The van der Waals surface area contributed by atoms with E-state index in [2.05, 4.69) is 0 Å². The maximum absolute atomic E-state index is 14.4. The molecule has 2 aromatic carbocycles. The molecule has 2 aliphatic carbocycles. The van der Waals surface area contributed by atoms with Gasteiger partial charge in [0.1, 0.15) is 5.82 Å². The number of carbonyl (C=O) groups is 4. The second-order valence-corrected chi connectivity index (χ2v) is 12.6. The zero-order valence-corrected chi connectivity index (χ0v) is 25.1. The van der Waals surface area contributed by atoms with E-state index in [0.29, 0.717) is 17.6 Å². The molecule has 0 unspecified atom stereocenters. The first-order chi connectivity index (χ1) is 20.4. The van der Waals surface area contributed by atoms with Crippen molar-refractivity contribution in [3.63, 3.8) is 0 Å². The number of fused-ring (bicyclic) bond motifs is 4. The Bertz CT molecular complexity index is 1570. The van der Waals surface area contributed by atoms with Gasteiger partial charge in [0.2, 0.25) is 17.6 Å². The highest BCUT2D eigenvalue weighted by molar-refractivity contribution is 6.58. The van der Waals surface area contributed by atoms with Crippen LogP contribution in [0.2, 0.25) is 0 Å². The molecule has 6 atom stereocenters. The van der Waals surface area contributed by atoms with Gasteiger partial charge in [-0.3, -0.25) is 24.1 Å². The van der Waals surface area contributed by atoms with Gasteiger partial charge >= 0.3 is 0 Å². The average molecular weight is 631 g/mol. The van der Waals surface area contributed by atoms with Crippen LogP contribution in [0, 0.1) is 23.6 Å². The number of carbonyl (C=O) groups excluding carboxylic acids is 4. The van der Waals surface area contributed by atoms with Gasteiger partial charge in [0.05, 0.1) is 31.7 Å². The molecule has 1 saturated carbocycles. The fraction of sp³-hybridized carbons (Fsp3) is 0.419. The number of nitrogens with zero attached hydrogens (tertiary/aromatic N) is 2. The summed E-state index contributed by atoms with van der Waals surface area (Å²) in [5.41, 5.74) is 1.02. The first kappa shape index (κ1) is 29.4. The zero-order valence-electron chi connectivity index (χ0n) is 23.6. The Morgan fingerprint density at radius 3 is 2.19 bits per heavy atom. The third-order valence-corrected chi connectivity index (χ3v) is 10.7. The van der Waals surface area contributed by atoms with E-state index in [9.17, 15) is 28.7 Å². The lowest BCUT2D eigenvalue weighted by Gasteiger charge is -2.50. The minimum atomic E-state index is -2.11. The number of phenols is 1. The standard InChI is InChI=1S/C31H29Cl2FN2O7/c1-4-11-35-26(38)19-10-9-18-20(23(19)27(35)39)14-30(32)28(40)36(17-7-5-16(34)6-8-17)29(41)31(30,33)24(18)15-12-21(42-2)25(37)22(13-15)43-3/h5-9,12-13,19-20,23-24,37H,4,10-11,14H2,1-3H3/t19-,20+,23-,24-,30+,31-/m0/s1. The van der Waals surface area contributed by atoms with E-state index < -0.39 is 51.1 Å². The molecular weight excluding hydrogens is 602 g/mol. The molecule has 4 aliphatic rings. The lowest BCUT2D eigenvalue weighted by atomic mass is 9.56. The number of likely N-dealkylation sites (tertiary alicyclic amines) is 1. The third kappa shape index (κ3) is 3.88. The van der Waals surface area contributed by atoms with E-state index in [1.165, 1.54) is 43.4 Å². The molecule has 2 aliphatic heterocycles. The van der Waals surface area contributed by atoms with Gasteiger partial charge in [-0.05, 0) is 67.1 Å². The molecule has 43 heavy (non-hydrogen) atoms. The van der Waals surface area contributed by atoms with Crippen LogP contribution in [-0.4, -0.2) is 64.1 Å². The molecule has 226 valence electrons. The van der Waals surface area contributed by atoms with E-state index in [-0.39, 0.29) is 54.1 Å². The summed E-state index contributed by atoms with van der Waals surface area (Å²) in [7, 11) is 2.70. The van der Waals surface area contributed by atoms with E-state index in [1.807, 2.05) is 13.0 Å². The van der Waals surface area contributed by atoms with Crippen LogP contribution in [-0.2, 0) is 19.2 Å². The highest BCUT2D eigenvalue weighted by Gasteiger charge is 2.76. The van der Waals surface area contributed by atoms with Gasteiger partial charge in [0.15, 0.2) is 21.2 Å². The van der Waals surface area contributed by atoms with Crippen molar-refractivity contribution in [2.45, 2.75) is 41.9 Å². The van der Waals surface area contributed by atoms with Crippen LogP contribution in [0.15, 0.2) is 48.0 Å². The van der Waals surface area contributed by atoms with Crippen molar-refractivity contribution in [3.05, 3.63) is 59.4 Å². The molecule has 2 saturated heterocycles. The van der Waals surface area contributed by atoms with Crippen molar-refractivity contribution in [3.8, 4) is 17.2 Å². The summed E-state index contributed by atoms with van der Waals surface area (Å²) in [5.74, 6) is -6.29. The monoisotopic (exact) mass is 630 g/mol. The number of methoxy groups -OCH3 is 2. The normalized spacial score (nSPS) is 31.5. The number of anilines is 1. The second-order valence-electron chi connectivity index (χ2n) is 11.4. The Morgan fingerprint density at radius 2 is 1.60 bits per heavy atom. The minimum absolute atomic E-state index is 0.0274. The highest BCUT2D eigenvalue weighted by atomic mass is 35.5. The Morgan fingerprint density at radius 1 is 0.977 bits per heavy atom. The van der Waals surface area contributed by atoms with Gasteiger partial charge in [-0.1, -0.05) is 18.6 Å². The molecule has 9 nitrogen and oxygen atoms in total. The SMILES string of the molecule is CCCN1C(=O)[C@H]2[C@H](CC=C3[C@H]2C[C@@]2(Cl)C(=O)N(c4ccc(F)cc4)C(=O)[C@@]2(Cl)[C@H]3c2cc(OC)c(O)c(OC)c2)C1=O. The summed E-state index contributed by atoms with van der Waals surface area (Å²) in [6.45, 7) is 2.14. The van der Waals surface area contributed by atoms with Gasteiger partial charge in [-0.15, -0.1) is 23.2 Å². The number of hydrogen-bond donors (Lipinski definition) is 1. The smallest absolute Gasteiger partial charge is 0.258 e. The maximum Gasteiger partial charge on any atom is 0.258 e. The zero-order chi connectivity index (χ0) is 31.0. The second kappa shape index (κ2) is 10.2. The van der Waals surface area contributed by atoms with Crippen LogP contribution < -0.4 is 14.4 Å². The summed E-state index contributed by atoms with van der Waals surface area (Å²) in [6, 6.07) is 7.78. The van der Waals surface area contributed by atoms with Crippen LogP contribution >= 0.6 is 23.2 Å². The van der Waals surface area contributed by atoms with Crippen molar-refractivity contribution in [2.24, 2.45) is 17.8 Å². The molecule has 2 heterocycles. The van der Waals surface area contributed by atoms with E-state index in [1.54, 1.807) is 0 Å². The molecule has 0 radical (unpaired) electrons. The quantitative estimate of drug-likeness (QED) is 0.284. The predicted molar refractivity (Wildman–Crippen MR) is 155 cm³/mol. The Hall–Kier alpha value is -3.63. The summed E-state index contributed by atoms with van der Waals surface area (Å²) < 4.78 is 24.6. The van der Waals surface area contributed by atoms with E-state index >= 15 is 0 Å². The number of rotatable bonds is 6. The van der Waals surface area contributed by atoms with Gasteiger partial charge < -0.3 is 14.6 Å². The number of phenolic OH excluding ortho intramolecular Hbond substituents is 1. The van der Waals surface area contributed by atoms with Gasteiger partial charge in [0, 0.05) is 12.5 Å². The number of amides is 4. The van der Waals surface area contributed by atoms with Crippen molar-refractivity contribution >= 4 is 52.5 Å². The molecule has 2 aromatic rings. The molecule has 4 amide bonds. The molecule has 12 heteroatoms. The van der Waals surface area contributed by atoms with Gasteiger partial charge in [-0.25, -0.2) is 9.29 Å². The predicted octanol–water partition coefficient (Wildman–Crippen LogP) is 4.52. The number of imide groups is 2. The number of ether oxygens (including phenoxy) is 2. The number of allylic oxidation sites excluding steroid dienone is 2. The van der Waals surface area contributed by atoms with Crippen LogP contribution in [0.4, 0.5) is 10.1 Å². The molecular formula is C31H29Cl2FN2O7. The van der Waals surface area contributed by atoms with Crippen LogP contribution in [0.3, 0.4) is 0 Å². The van der Waals surface area contributed by atoms with Crippen molar-refractivity contribution in [1.29, 1.82) is 0 Å². The molecule has 0 spiro atoms. The Labute approximate surface area is 257 Å². The van der Waals surface area contributed by atoms with Crippen molar-refractivity contribution in [2.75, 3.05) is 25.7 Å². The number of aromatic hydroxyl groups is 1. The summed E-state index contributed by atoms with van der Waals surface area (Å²) in [4.78, 5) is 53.7. The van der Waals surface area contributed by atoms with Crippen molar-refractivity contribution in [1.82, 2.24) is 4.90 Å². The van der Waals surface area contributed by atoms with Gasteiger partial charge in [-0.2, -0.15) is 0 Å². The minimum Gasteiger partial charge on any atom is -0.502 e. The fourth-order valence-electron chi connectivity index (χ4n) is 7.36. The molecule has 1 N–H and O–H groups in total. The Balaban J connectivity index is 1.58. The summed E-state index contributed by atoms with van der Waals surface area (Å²) in [6.07, 6.45) is 2.45. The van der Waals surface area contributed by atoms with E-state index in [0.717, 1.165) is 17.0 Å². The highest BCUT2D eigenvalue weighted by Crippen LogP contribution is 2.66. The molecule has 3 fully saturated rings. The number of benzene rings is 2. The summed E-state index contributed by atoms with van der Waals surface area (Å²) in [5, 5.41) is 10.6. The number of hydrogen-bond acceptors (Lipinski definition) is 7. The summed E-state index contributed by atoms with van der Waals surface area (Å²) >= 11 is 14.7. The largest absolute Gasteiger partial charge is 0.502 e. The average Bonchev–Trinajstić information content (AvgIpc) is 3.32. The molecule has 0 bridgehead atoms. The first-order valence-corrected chi connectivity index (χ1v) is 14.7. The lowest BCUT2D eigenvalue weighted by Crippen LogP contribution is -2.60. The first-order valence-electron chi connectivity index (χ1n) is 14.0. The Kier molecular flexibility index (Phi) is 7.01. The maximum atomic E-state index is 14.4. The number of alkyl halides is 2. The lowest BCUT2D eigenvalue weighted by molar-refractivity contribution is -0.140. The molecule has 0 aromatic heterocycles. The fourth-order valence-corrected chi connectivity index (χ4v) is 8.30.